The number of ether oxygens (including phenoxy) is 2. The summed E-state index contributed by atoms with van der Waals surface area (Å²) in [7, 11) is 0. The lowest BCUT2D eigenvalue weighted by Crippen LogP contribution is -2.38. The van der Waals surface area contributed by atoms with Crippen molar-refractivity contribution in [2.75, 3.05) is 19.8 Å². The van der Waals surface area contributed by atoms with E-state index in [2.05, 4.69) is 4.98 Å². The minimum Gasteiger partial charge on any atom is -0.486 e. The summed E-state index contributed by atoms with van der Waals surface area (Å²) in [4.78, 5) is 16.3. The molecule has 0 aliphatic carbocycles. The predicted molar refractivity (Wildman–Crippen MR) is 98.7 cm³/mol. The summed E-state index contributed by atoms with van der Waals surface area (Å²) < 4.78 is 49.9. The number of thioether (sulfide) groups is 1. The number of nitrogens with one attached hydrogen (secondary N) is 1. The highest BCUT2D eigenvalue weighted by molar-refractivity contribution is 8.00. The van der Waals surface area contributed by atoms with E-state index >= 15 is 0 Å². The summed E-state index contributed by atoms with van der Waals surface area (Å²) >= 11 is 1.11. The molecular weight excluding hydrogens is 395 g/mol. The second kappa shape index (κ2) is 8.34. The lowest BCUT2D eigenvalue weighted by molar-refractivity contribution is -0.137. The topological polar surface area (TPSA) is 65.4 Å². The van der Waals surface area contributed by atoms with Gasteiger partial charge in [0, 0.05) is 12.1 Å². The molecule has 1 aliphatic heterocycles. The van der Waals surface area contributed by atoms with E-state index in [0.29, 0.717) is 36.4 Å². The minimum atomic E-state index is -4.44. The zero-order valence-electron chi connectivity index (χ0n) is 15.4. The molecule has 0 fully saturated rings. The summed E-state index contributed by atoms with van der Waals surface area (Å²) in [5, 5.41) is 1.74. The van der Waals surface area contributed by atoms with Gasteiger partial charge in [-0.05, 0) is 32.0 Å². The molecule has 0 bridgehead atoms. The fourth-order valence-electron chi connectivity index (χ4n) is 2.73. The van der Waals surface area contributed by atoms with Gasteiger partial charge in [-0.2, -0.15) is 13.2 Å². The Balaban J connectivity index is 1.76. The van der Waals surface area contributed by atoms with Gasteiger partial charge in [-0.1, -0.05) is 11.8 Å². The van der Waals surface area contributed by atoms with E-state index in [1.54, 1.807) is 13.1 Å². The van der Waals surface area contributed by atoms with E-state index in [0.717, 1.165) is 23.0 Å². The van der Waals surface area contributed by atoms with Crippen molar-refractivity contribution in [2.45, 2.75) is 37.0 Å². The van der Waals surface area contributed by atoms with E-state index < -0.39 is 23.9 Å². The van der Waals surface area contributed by atoms with Crippen molar-refractivity contribution in [3.05, 3.63) is 24.4 Å². The number of imidazole rings is 1. The highest BCUT2D eigenvalue weighted by Crippen LogP contribution is 2.36. The maximum atomic E-state index is 12.3. The first-order chi connectivity index (χ1) is 13.3. The Labute approximate surface area is 164 Å². The van der Waals surface area contributed by atoms with Crippen LogP contribution >= 0.6 is 11.8 Å². The molecule has 0 spiro atoms. The van der Waals surface area contributed by atoms with E-state index in [4.69, 9.17) is 9.47 Å². The zero-order valence-corrected chi connectivity index (χ0v) is 16.2. The Morgan fingerprint density at radius 1 is 1.32 bits per heavy atom. The Morgan fingerprint density at radius 2 is 2.04 bits per heavy atom. The van der Waals surface area contributed by atoms with Crippen LogP contribution in [-0.4, -0.2) is 46.6 Å². The smallest absolute Gasteiger partial charge is 0.405 e. The van der Waals surface area contributed by atoms with Crippen LogP contribution in [0.25, 0.3) is 11.3 Å². The maximum Gasteiger partial charge on any atom is 0.405 e. The number of nitrogens with zero attached hydrogens (tertiary/aromatic N) is 2. The molecule has 0 saturated carbocycles. The van der Waals surface area contributed by atoms with Crippen LogP contribution < -0.4 is 14.8 Å². The third-order valence-corrected chi connectivity index (χ3v) is 5.19. The van der Waals surface area contributed by atoms with Gasteiger partial charge < -0.3 is 19.4 Å². The molecule has 6 nitrogen and oxygen atoms in total. The van der Waals surface area contributed by atoms with Crippen molar-refractivity contribution in [3.8, 4) is 22.8 Å². The first-order valence-electron chi connectivity index (χ1n) is 8.75. The number of amides is 1. The van der Waals surface area contributed by atoms with Gasteiger partial charge in [0.1, 0.15) is 19.8 Å². The third kappa shape index (κ3) is 4.73. The summed E-state index contributed by atoms with van der Waals surface area (Å²) in [6, 6.07) is 5.59. The molecule has 1 aliphatic rings. The maximum absolute atomic E-state index is 12.3. The number of rotatable bonds is 6. The first-order valence-corrected chi connectivity index (χ1v) is 9.63. The number of hydrogen-bond acceptors (Lipinski definition) is 5. The van der Waals surface area contributed by atoms with Crippen molar-refractivity contribution < 1.29 is 27.4 Å². The summed E-state index contributed by atoms with van der Waals surface area (Å²) in [5.41, 5.74) is 1.70. The third-order valence-electron chi connectivity index (χ3n) is 4.09. The monoisotopic (exact) mass is 415 g/mol. The highest BCUT2D eigenvalue weighted by Gasteiger charge is 2.29. The second-order valence-electron chi connectivity index (χ2n) is 6.12. The van der Waals surface area contributed by atoms with Gasteiger partial charge >= 0.3 is 6.18 Å². The molecule has 1 atom stereocenters. The quantitative estimate of drug-likeness (QED) is 0.732. The molecule has 1 N–H and O–H groups in total. The molecule has 1 amide bonds. The lowest BCUT2D eigenvalue weighted by Gasteiger charge is -2.19. The predicted octanol–water partition coefficient (Wildman–Crippen LogP) is 3.50. The van der Waals surface area contributed by atoms with Gasteiger partial charge in [-0.15, -0.1) is 0 Å². The number of fused-ring (bicyclic) bond motifs is 1. The van der Waals surface area contributed by atoms with Crippen LogP contribution in [0.2, 0.25) is 0 Å². The largest absolute Gasteiger partial charge is 0.486 e. The molecule has 1 aromatic carbocycles. The fraction of sp³-hybridized carbons (Fsp3) is 0.444. The molecule has 3 rings (SSSR count). The lowest BCUT2D eigenvalue weighted by atomic mass is 10.1. The number of carbonyl (C=O) groups is 1. The van der Waals surface area contributed by atoms with Crippen LogP contribution in [0.3, 0.4) is 0 Å². The van der Waals surface area contributed by atoms with Crippen LogP contribution in [0.15, 0.2) is 29.6 Å². The van der Waals surface area contributed by atoms with Gasteiger partial charge in [0.2, 0.25) is 5.91 Å². The van der Waals surface area contributed by atoms with Crippen molar-refractivity contribution in [1.82, 2.24) is 14.9 Å². The van der Waals surface area contributed by atoms with Crippen LogP contribution in [0.4, 0.5) is 13.2 Å². The second-order valence-corrected chi connectivity index (χ2v) is 7.43. The van der Waals surface area contributed by atoms with Gasteiger partial charge in [-0.3, -0.25) is 4.79 Å². The zero-order chi connectivity index (χ0) is 20.3. The minimum absolute atomic E-state index is 0.481. The number of halogens is 3. The SMILES string of the molecule is CCn1c(-c2ccc3c(c2)OCCO3)cnc1SC(C)C(=O)NCC(F)(F)F. The number of alkyl halides is 3. The molecule has 2 aromatic rings. The van der Waals surface area contributed by atoms with Crippen LogP contribution in [0, 0.1) is 0 Å². The fourth-order valence-corrected chi connectivity index (χ4v) is 3.71. The Kier molecular flexibility index (Phi) is 6.07. The average Bonchev–Trinajstić information content (AvgIpc) is 3.07. The molecular formula is C18H20F3N3O3S. The molecule has 10 heteroatoms. The normalized spacial score (nSPS) is 14.6. The number of aromatic nitrogens is 2. The number of carbonyl (C=O) groups excluding carboxylic acids is 1. The Bertz CT molecular complexity index is 854. The van der Waals surface area contributed by atoms with Crippen LogP contribution in [0.1, 0.15) is 13.8 Å². The Hall–Kier alpha value is -2.36. The molecule has 2 heterocycles. The molecule has 1 aromatic heterocycles. The van der Waals surface area contributed by atoms with Gasteiger partial charge in [0.05, 0.1) is 17.1 Å². The molecule has 28 heavy (non-hydrogen) atoms. The number of benzene rings is 1. The van der Waals surface area contributed by atoms with Gasteiger partial charge in [0.15, 0.2) is 16.7 Å². The molecule has 0 saturated heterocycles. The summed E-state index contributed by atoms with van der Waals surface area (Å²) in [6.07, 6.45) is -2.76. The molecule has 0 radical (unpaired) electrons. The van der Waals surface area contributed by atoms with Crippen molar-refractivity contribution in [3.63, 3.8) is 0 Å². The van der Waals surface area contributed by atoms with Crippen LogP contribution in [0.5, 0.6) is 11.5 Å². The van der Waals surface area contributed by atoms with E-state index in [-0.39, 0.29) is 0 Å². The summed E-state index contributed by atoms with van der Waals surface area (Å²) in [6.45, 7) is 3.71. The van der Waals surface area contributed by atoms with Crippen molar-refractivity contribution in [2.24, 2.45) is 0 Å². The molecule has 1 unspecified atom stereocenters. The van der Waals surface area contributed by atoms with E-state index in [1.165, 1.54) is 0 Å². The van der Waals surface area contributed by atoms with Gasteiger partial charge in [-0.25, -0.2) is 4.98 Å². The van der Waals surface area contributed by atoms with Crippen molar-refractivity contribution in [1.29, 1.82) is 0 Å². The van der Waals surface area contributed by atoms with E-state index in [9.17, 15) is 18.0 Å². The number of hydrogen-bond donors (Lipinski definition) is 1. The van der Waals surface area contributed by atoms with Crippen molar-refractivity contribution >= 4 is 17.7 Å². The first kappa shape index (κ1) is 20.4. The standard InChI is InChI=1S/C18H20F3N3O3S/c1-3-24-13(12-4-5-14-15(8-12)27-7-6-26-14)9-22-17(24)28-11(2)16(25)23-10-18(19,20)21/h4-5,8-9,11H,3,6-7,10H2,1-2H3,(H,23,25). The van der Waals surface area contributed by atoms with Crippen LogP contribution in [-0.2, 0) is 11.3 Å². The Morgan fingerprint density at radius 3 is 2.71 bits per heavy atom. The molecule has 152 valence electrons. The summed E-state index contributed by atoms with van der Waals surface area (Å²) in [5.74, 6) is 0.651. The van der Waals surface area contributed by atoms with E-state index in [1.807, 2.05) is 35.0 Å². The average molecular weight is 415 g/mol. The van der Waals surface area contributed by atoms with Gasteiger partial charge in [0.25, 0.3) is 0 Å². The highest BCUT2D eigenvalue weighted by atomic mass is 32.2.